The van der Waals surface area contributed by atoms with Gasteiger partial charge in [-0.1, -0.05) is 24.6 Å². The third-order valence-corrected chi connectivity index (χ3v) is 5.74. The Morgan fingerprint density at radius 1 is 1.00 bits per heavy atom. The van der Waals surface area contributed by atoms with Crippen LogP contribution in [0.1, 0.15) is 58.1 Å². The molecule has 1 aromatic rings. The number of piperidine rings is 1. The molecule has 0 unspecified atom stereocenters. The van der Waals surface area contributed by atoms with Crippen molar-refractivity contribution < 1.29 is 9.31 Å². The van der Waals surface area contributed by atoms with Crippen LogP contribution in [0.2, 0.25) is 0 Å². The Kier molecular flexibility index (Phi) is 4.61. The third kappa shape index (κ3) is 3.49. The molecule has 1 aromatic carbocycles. The highest BCUT2D eigenvalue weighted by atomic mass is 16.7. The normalized spacial score (nSPS) is 24.1. The highest BCUT2D eigenvalue weighted by Gasteiger charge is 2.51. The van der Waals surface area contributed by atoms with Crippen LogP contribution in [0.25, 0.3) is 0 Å². The number of rotatable bonds is 3. The van der Waals surface area contributed by atoms with Crippen molar-refractivity contribution in [2.75, 3.05) is 13.1 Å². The third-order valence-electron chi connectivity index (χ3n) is 5.74. The van der Waals surface area contributed by atoms with Gasteiger partial charge < -0.3 is 9.31 Å². The number of benzene rings is 1. The molecule has 0 radical (unpaired) electrons. The predicted octanol–water partition coefficient (Wildman–Crippen LogP) is 3.28. The molecule has 4 heteroatoms. The SMILES string of the molecule is Cc1ccc(B2OC(C)(C)C(C)(C)O2)cc1CN1CCCCC1. The van der Waals surface area contributed by atoms with Crippen LogP contribution < -0.4 is 5.46 Å². The molecule has 2 aliphatic rings. The van der Waals surface area contributed by atoms with Gasteiger partial charge in [0.2, 0.25) is 0 Å². The Hall–Kier alpha value is -0.835. The second-order valence-electron chi connectivity index (χ2n) is 8.11. The molecule has 0 N–H and O–H groups in total. The first kappa shape index (κ1) is 17.0. The summed E-state index contributed by atoms with van der Waals surface area (Å²) < 4.78 is 12.4. The van der Waals surface area contributed by atoms with Crippen LogP contribution in [-0.4, -0.2) is 36.3 Å². The zero-order chi connectivity index (χ0) is 16.7. The van der Waals surface area contributed by atoms with Crippen molar-refractivity contribution in [3.05, 3.63) is 29.3 Å². The van der Waals surface area contributed by atoms with Crippen molar-refractivity contribution >= 4 is 12.6 Å². The van der Waals surface area contributed by atoms with Gasteiger partial charge in [-0.3, -0.25) is 4.90 Å². The predicted molar refractivity (Wildman–Crippen MR) is 96.0 cm³/mol. The summed E-state index contributed by atoms with van der Waals surface area (Å²) in [6.07, 6.45) is 4.04. The van der Waals surface area contributed by atoms with Crippen molar-refractivity contribution in [1.82, 2.24) is 4.90 Å². The summed E-state index contributed by atoms with van der Waals surface area (Å²) in [4.78, 5) is 2.57. The van der Waals surface area contributed by atoms with Gasteiger partial charge in [0.05, 0.1) is 11.2 Å². The summed E-state index contributed by atoms with van der Waals surface area (Å²) in [5, 5.41) is 0. The standard InChI is InChI=1S/C19H30BNO2/c1-15-9-10-17(20-22-18(2,3)19(4,5)23-20)13-16(15)14-21-11-7-6-8-12-21/h9-10,13H,6-8,11-12,14H2,1-5H3. The quantitative estimate of drug-likeness (QED) is 0.799. The summed E-state index contributed by atoms with van der Waals surface area (Å²) in [5.74, 6) is 0. The van der Waals surface area contributed by atoms with E-state index in [1.807, 2.05) is 0 Å². The minimum absolute atomic E-state index is 0.263. The molecule has 0 aliphatic carbocycles. The first-order chi connectivity index (χ1) is 10.8. The van der Waals surface area contributed by atoms with E-state index in [0.29, 0.717) is 0 Å². The smallest absolute Gasteiger partial charge is 0.399 e. The maximum atomic E-state index is 6.20. The fraction of sp³-hybridized carbons (Fsp3) is 0.684. The average molecular weight is 315 g/mol. The van der Waals surface area contributed by atoms with E-state index in [9.17, 15) is 0 Å². The van der Waals surface area contributed by atoms with E-state index in [1.165, 1.54) is 43.5 Å². The van der Waals surface area contributed by atoms with Gasteiger partial charge in [-0.2, -0.15) is 0 Å². The van der Waals surface area contributed by atoms with E-state index in [1.54, 1.807) is 0 Å². The Bertz CT molecular complexity index is 548. The van der Waals surface area contributed by atoms with Crippen LogP contribution in [0, 0.1) is 6.92 Å². The Morgan fingerprint density at radius 2 is 1.61 bits per heavy atom. The minimum Gasteiger partial charge on any atom is -0.399 e. The molecule has 2 fully saturated rings. The van der Waals surface area contributed by atoms with Gasteiger partial charge in [0, 0.05) is 6.54 Å². The number of hydrogen-bond acceptors (Lipinski definition) is 3. The zero-order valence-electron chi connectivity index (χ0n) is 15.3. The number of aryl methyl sites for hydroxylation is 1. The Morgan fingerprint density at radius 3 is 2.22 bits per heavy atom. The molecule has 2 saturated heterocycles. The molecule has 0 aromatic heterocycles. The molecule has 0 atom stereocenters. The minimum atomic E-state index is -0.282. The van der Waals surface area contributed by atoms with Crippen LogP contribution in [0.5, 0.6) is 0 Å². The molecule has 0 amide bonds. The van der Waals surface area contributed by atoms with Crippen LogP contribution in [0.4, 0.5) is 0 Å². The molecule has 2 aliphatic heterocycles. The Balaban J connectivity index is 1.78. The first-order valence-corrected chi connectivity index (χ1v) is 8.96. The zero-order valence-corrected chi connectivity index (χ0v) is 15.3. The maximum absolute atomic E-state index is 6.20. The van der Waals surface area contributed by atoms with Gasteiger partial charge in [-0.25, -0.2) is 0 Å². The van der Waals surface area contributed by atoms with E-state index in [4.69, 9.17) is 9.31 Å². The molecule has 0 bridgehead atoms. The summed E-state index contributed by atoms with van der Waals surface area (Å²) in [6, 6.07) is 6.64. The van der Waals surface area contributed by atoms with Crippen molar-refractivity contribution in [3.8, 4) is 0 Å². The summed E-state index contributed by atoms with van der Waals surface area (Å²) in [6.45, 7) is 14.1. The number of nitrogens with zero attached hydrogens (tertiary/aromatic N) is 1. The van der Waals surface area contributed by atoms with Crippen molar-refractivity contribution in [2.45, 2.75) is 71.6 Å². The largest absolute Gasteiger partial charge is 0.494 e. The van der Waals surface area contributed by atoms with Gasteiger partial charge in [-0.05, 0) is 77.1 Å². The molecule has 3 rings (SSSR count). The van der Waals surface area contributed by atoms with Gasteiger partial charge in [-0.15, -0.1) is 0 Å². The second-order valence-corrected chi connectivity index (χ2v) is 8.11. The lowest BCUT2D eigenvalue weighted by atomic mass is 9.77. The van der Waals surface area contributed by atoms with E-state index >= 15 is 0 Å². The van der Waals surface area contributed by atoms with Crippen LogP contribution in [0.3, 0.4) is 0 Å². The van der Waals surface area contributed by atoms with Gasteiger partial charge in [0.15, 0.2) is 0 Å². The molecule has 0 saturated carbocycles. The van der Waals surface area contributed by atoms with E-state index < -0.39 is 0 Å². The lowest BCUT2D eigenvalue weighted by Crippen LogP contribution is -2.41. The fourth-order valence-corrected chi connectivity index (χ4v) is 3.35. The highest BCUT2D eigenvalue weighted by molar-refractivity contribution is 6.62. The van der Waals surface area contributed by atoms with Gasteiger partial charge in [0.1, 0.15) is 0 Å². The summed E-state index contributed by atoms with van der Waals surface area (Å²) in [5.41, 5.74) is 3.33. The van der Waals surface area contributed by atoms with E-state index in [-0.39, 0.29) is 18.3 Å². The van der Waals surface area contributed by atoms with E-state index in [2.05, 4.69) is 57.7 Å². The maximum Gasteiger partial charge on any atom is 0.494 e. The molecule has 23 heavy (non-hydrogen) atoms. The fourth-order valence-electron chi connectivity index (χ4n) is 3.35. The lowest BCUT2D eigenvalue weighted by Gasteiger charge is -2.32. The van der Waals surface area contributed by atoms with Crippen LogP contribution in [-0.2, 0) is 15.9 Å². The van der Waals surface area contributed by atoms with Crippen molar-refractivity contribution in [1.29, 1.82) is 0 Å². The van der Waals surface area contributed by atoms with Crippen molar-refractivity contribution in [3.63, 3.8) is 0 Å². The molecular weight excluding hydrogens is 285 g/mol. The number of hydrogen-bond donors (Lipinski definition) is 0. The monoisotopic (exact) mass is 315 g/mol. The topological polar surface area (TPSA) is 21.7 Å². The lowest BCUT2D eigenvalue weighted by molar-refractivity contribution is 0.00578. The van der Waals surface area contributed by atoms with Gasteiger partial charge in [0.25, 0.3) is 0 Å². The van der Waals surface area contributed by atoms with Gasteiger partial charge >= 0.3 is 7.12 Å². The molecule has 2 heterocycles. The second kappa shape index (κ2) is 6.23. The molecular formula is C19H30BNO2. The van der Waals surface area contributed by atoms with Crippen LogP contribution in [0.15, 0.2) is 18.2 Å². The highest BCUT2D eigenvalue weighted by Crippen LogP contribution is 2.36. The average Bonchev–Trinajstić information content (AvgIpc) is 2.71. The first-order valence-electron chi connectivity index (χ1n) is 8.96. The molecule has 126 valence electrons. The summed E-state index contributed by atoms with van der Waals surface area (Å²) in [7, 11) is -0.263. The van der Waals surface area contributed by atoms with Crippen molar-refractivity contribution in [2.24, 2.45) is 0 Å². The molecule has 0 spiro atoms. The van der Waals surface area contributed by atoms with Crippen LogP contribution >= 0.6 is 0 Å². The molecule has 3 nitrogen and oxygen atoms in total. The number of likely N-dealkylation sites (tertiary alicyclic amines) is 1. The van der Waals surface area contributed by atoms with E-state index in [0.717, 1.165) is 12.0 Å². The summed E-state index contributed by atoms with van der Waals surface area (Å²) >= 11 is 0. The Labute approximate surface area is 141 Å².